The largest absolute Gasteiger partial charge is 0.356 e. The summed E-state index contributed by atoms with van der Waals surface area (Å²) in [6.07, 6.45) is 5.81. The summed E-state index contributed by atoms with van der Waals surface area (Å²) in [4.78, 5) is 7.21. The predicted molar refractivity (Wildman–Crippen MR) is 107 cm³/mol. The average Bonchev–Trinajstić information content (AvgIpc) is 3.12. The minimum absolute atomic E-state index is 0.0339. The molecule has 0 bridgehead atoms. The van der Waals surface area contributed by atoms with Gasteiger partial charge in [0.1, 0.15) is 5.82 Å². The molecule has 3 heterocycles. The molecule has 2 aliphatic rings. The van der Waals surface area contributed by atoms with Crippen molar-refractivity contribution in [2.45, 2.75) is 37.5 Å². The third kappa shape index (κ3) is 3.60. The minimum Gasteiger partial charge on any atom is -0.356 e. The van der Waals surface area contributed by atoms with Crippen LogP contribution in [0.4, 0.5) is 5.82 Å². The van der Waals surface area contributed by atoms with Gasteiger partial charge in [0.05, 0.1) is 4.90 Å². The van der Waals surface area contributed by atoms with E-state index in [0.29, 0.717) is 18.0 Å². The molecule has 1 aromatic heterocycles. The van der Waals surface area contributed by atoms with E-state index < -0.39 is 10.0 Å². The maximum Gasteiger partial charge on any atom is 0.243 e. The number of aromatic nitrogens is 1. The highest BCUT2D eigenvalue weighted by molar-refractivity contribution is 7.89. The van der Waals surface area contributed by atoms with Crippen LogP contribution in [0.25, 0.3) is 0 Å². The Hall–Kier alpha value is -1.92. The summed E-state index contributed by atoms with van der Waals surface area (Å²) < 4.78 is 27.9. The first-order valence-corrected chi connectivity index (χ1v) is 11.2. The van der Waals surface area contributed by atoms with E-state index in [2.05, 4.69) is 16.8 Å². The van der Waals surface area contributed by atoms with Crippen LogP contribution < -0.4 is 4.90 Å². The predicted octanol–water partition coefficient (Wildman–Crippen LogP) is 3.33. The normalized spacial score (nSPS) is 23.8. The summed E-state index contributed by atoms with van der Waals surface area (Å²) in [6.45, 7) is 5.15. The molecule has 1 spiro atoms. The number of nitrogens with zero attached hydrogens (tertiary/aromatic N) is 3. The zero-order valence-corrected chi connectivity index (χ0v) is 16.7. The molecule has 0 N–H and O–H groups in total. The van der Waals surface area contributed by atoms with Crippen molar-refractivity contribution in [1.82, 2.24) is 9.29 Å². The number of piperidine rings is 1. The van der Waals surface area contributed by atoms with Gasteiger partial charge in [0, 0.05) is 37.8 Å². The highest BCUT2D eigenvalue weighted by Gasteiger charge is 2.45. The Morgan fingerprint density at radius 2 is 1.85 bits per heavy atom. The van der Waals surface area contributed by atoms with Crippen LogP contribution in [-0.4, -0.2) is 43.9 Å². The molecule has 144 valence electrons. The van der Waals surface area contributed by atoms with Crippen LogP contribution in [-0.2, 0) is 16.4 Å². The Morgan fingerprint density at radius 3 is 2.56 bits per heavy atom. The van der Waals surface area contributed by atoms with Crippen molar-refractivity contribution in [3.05, 3.63) is 54.2 Å². The lowest BCUT2D eigenvalue weighted by Gasteiger charge is -2.41. The van der Waals surface area contributed by atoms with Crippen molar-refractivity contribution < 1.29 is 8.42 Å². The van der Waals surface area contributed by atoms with Gasteiger partial charge in [-0.3, -0.25) is 0 Å². The maximum absolute atomic E-state index is 13.1. The van der Waals surface area contributed by atoms with E-state index in [1.807, 2.05) is 36.5 Å². The molecular formula is C21H27N3O2S. The topological polar surface area (TPSA) is 53.5 Å². The fraction of sp³-hybridized carbons (Fsp3) is 0.476. The number of sulfonamides is 1. The maximum atomic E-state index is 13.1. The number of hydrogen-bond acceptors (Lipinski definition) is 4. The van der Waals surface area contributed by atoms with Gasteiger partial charge < -0.3 is 4.90 Å². The van der Waals surface area contributed by atoms with Gasteiger partial charge in [0.2, 0.25) is 10.0 Å². The molecule has 0 amide bonds. The van der Waals surface area contributed by atoms with Crippen molar-refractivity contribution in [2.24, 2.45) is 5.41 Å². The second-order valence-corrected chi connectivity index (χ2v) is 9.74. The zero-order chi connectivity index (χ0) is 18.9. The molecule has 2 aromatic rings. The fourth-order valence-electron chi connectivity index (χ4n) is 4.42. The second kappa shape index (κ2) is 7.24. The second-order valence-electron chi connectivity index (χ2n) is 7.80. The van der Waals surface area contributed by atoms with E-state index in [1.165, 1.54) is 0 Å². The standard InChI is InChI=1S/C21H27N3O2S/c1-2-18-7-9-19(10-8-18)27(25,26)24-15-12-21(17-24)11-5-14-23(16-21)20-6-3-4-13-22-20/h3-4,6-10,13H,2,5,11-12,14-17H2,1H3. The van der Waals surface area contributed by atoms with E-state index in [0.717, 1.165) is 50.2 Å². The summed E-state index contributed by atoms with van der Waals surface area (Å²) in [5.74, 6) is 0.994. The van der Waals surface area contributed by atoms with Crippen LogP contribution in [0.15, 0.2) is 53.6 Å². The quantitative estimate of drug-likeness (QED) is 0.810. The van der Waals surface area contributed by atoms with Crippen LogP contribution in [0.5, 0.6) is 0 Å². The van der Waals surface area contributed by atoms with Gasteiger partial charge in [-0.25, -0.2) is 13.4 Å². The van der Waals surface area contributed by atoms with Crippen LogP contribution in [0.1, 0.15) is 31.7 Å². The number of aryl methyl sites for hydroxylation is 1. The molecule has 27 heavy (non-hydrogen) atoms. The molecular weight excluding hydrogens is 358 g/mol. The summed E-state index contributed by atoms with van der Waals surface area (Å²) in [6, 6.07) is 13.3. The molecule has 2 saturated heterocycles. The number of rotatable bonds is 4. The van der Waals surface area contributed by atoms with Crippen molar-refractivity contribution in [3.8, 4) is 0 Å². The lowest BCUT2D eigenvalue weighted by atomic mass is 9.79. The average molecular weight is 386 g/mol. The van der Waals surface area contributed by atoms with Crippen LogP contribution in [0, 0.1) is 5.41 Å². The molecule has 1 unspecified atom stereocenters. The van der Waals surface area contributed by atoms with E-state index in [4.69, 9.17) is 0 Å². The number of pyridine rings is 1. The first kappa shape index (κ1) is 18.4. The molecule has 4 rings (SSSR count). The van der Waals surface area contributed by atoms with Crippen molar-refractivity contribution >= 4 is 15.8 Å². The van der Waals surface area contributed by atoms with Gasteiger partial charge in [0.25, 0.3) is 0 Å². The number of hydrogen-bond donors (Lipinski definition) is 0. The number of anilines is 1. The Bertz CT molecular complexity index is 883. The van der Waals surface area contributed by atoms with E-state index in [9.17, 15) is 8.42 Å². The molecule has 0 aliphatic carbocycles. The van der Waals surface area contributed by atoms with E-state index in [1.54, 1.807) is 16.4 Å². The van der Waals surface area contributed by atoms with Crippen LogP contribution in [0.2, 0.25) is 0 Å². The van der Waals surface area contributed by atoms with Crippen molar-refractivity contribution in [3.63, 3.8) is 0 Å². The first-order valence-electron chi connectivity index (χ1n) is 9.78. The van der Waals surface area contributed by atoms with Gasteiger partial charge in [-0.15, -0.1) is 0 Å². The molecule has 2 fully saturated rings. The number of benzene rings is 1. The fourth-order valence-corrected chi connectivity index (χ4v) is 5.98. The Labute approximate surface area is 162 Å². The SMILES string of the molecule is CCc1ccc(S(=O)(=O)N2CCC3(CCCN(c4ccccn4)C3)C2)cc1. The summed E-state index contributed by atoms with van der Waals surface area (Å²) in [5, 5.41) is 0. The van der Waals surface area contributed by atoms with Gasteiger partial charge in [-0.2, -0.15) is 4.31 Å². The van der Waals surface area contributed by atoms with Crippen LogP contribution >= 0.6 is 0 Å². The molecule has 0 radical (unpaired) electrons. The zero-order valence-electron chi connectivity index (χ0n) is 15.8. The summed E-state index contributed by atoms with van der Waals surface area (Å²) in [5.41, 5.74) is 1.19. The van der Waals surface area contributed by atoms with Gasteiger partial charge in [-0.1, -0.05) is 25.1 Å². The lowest BCUT2D eigenvalue weighted by Crippen LogP contribution is -2.45. The molecule has 5 nitrogen and oxygen atoms in total. The first-order chi connectivity index (χ1) is 13.0. The van der Waals surface area contributed by atoms with Gasteiger partial charge >= 0.3 is 0 Å². The molecule has 0 saturated carbocycles. The molecule has 1 aromatic carbocycles. The highest BCUT2D eigenvalue weighted by atomic mass is 32.2. The monoisotopic (exact) mass is 385 g/mol. The lowest BCUT2D eigenvalue weighted by molar-refractivity contribution is 0.247. The van der Waals surface area contributed by atoms with Gasteiger partial charge in [0.15, 0.2) is 0 Å². The third-order valence-corrected chi connectivity index (χ3v) is 7.87. The Balaban J connectivity index is 1.51. The van der Waals surface area contributed by atoms with E-state index in [-0.39, 0.29) is 5.41 Å². The Kier molecular flexibility index (Phi) is 4.95. The van der Waals surface area contributed by atoms with Crippen LogP contribution in [0.3, 0.4) is 0 Å². The summed E-state index contributed by atoms with van der Waals surface area (Å²) >= 11 is 0. The molecule has 2 aliphatic heterocycles. The minimum atomic E-state index is -3.42. The summed E-state index contributed by atoms with van der Waals surface area (Å²) in [7, 11) is -3.42. The van der Waals surface area contributed by atoms with Gasteiger partial charge in [-0.05, 0) is 55.5 Å². The Morgan fingerprint density at radius 1 is 1.04 bits per heavy atom. The molecule has 6 heteroatoms. The smallest absolute Gasteiger partial charge is 0.243 e. The third-order valence-electron chi connectivity index (χ3n) is 6.01. The van der Waals surface area contributed by atoms with Crippen molar-refractivity contribution in [1.29, 1.82) is 0 Å². The van der Waals surface area contributed by atoms with E-state index >= 15 is 0 Å². The van der Waals surface area contributed by atoms with Crippen molar-refractivity contribution in [2.75, 3.05) is 31.1 Å². The molecule has 1 atom stereocenters. The highest BCUT2D eigenvalue weighted by Crippen LogP contribution is 2.41.